The molecule has 3 nitrogen and oxygen atoms in total. The van der Waals surface area contributed by atoms with Gasteiger partial charge in [-0.3, -0.25) is 4.79 Å². The van der Waals surface area contributed by atoms with E-state index in [9.17, 15) is 9.59 Å². The summed E-state index contributed by atoms with van der Waals surface area (Å²) in [5.74, 6) is -0.408. The lowest BCUT2D eigenvalue weighted by Gasteiger charge is -2.09. The van der Waals surface area contributed by atoms with Gasteiger partial charge in [0.1, 0.15) is 0 Å². The summed E-state index contributed by atoms with van der Waals surface area (Å²) < 4.78 is 4.34. The van der Waals surface area contributed by atoms with Crippen molar-refractivity contribution >= 4 is 11.9 Å². The first-order chi connectivity index (χ1) is 5.25. The average molecular weight is 152 g/mol. The molecule has 1 aliphatic heterocycles. The van der Waals surface area contributed by atoms with Gasteiger partial charge >= 0.3 is 11.9 Å². The molecule has 0 spiro atoms. The van der Waals surface area contributed by atoms with E-state index in [0.29, 0.717) is 12.3 Å². The van der Waals surface area contributed by atoms with Crippen LogP contribution in [0.2, 0.25) is 0 Å². The fraction of sp³-hybridized carbons (Fsp3) is 0.500. The van der Waals surface area contributed by atoms with E-state index >= 15 is 0 Å². The summed E-state index contributed by atoms with van der Waals surface area (Å²) in [4.78, 5) is 21.4. The zero-order valence-corrected chi connectivity index (χ0v) is 6.00. The molecule has 2 aliphatic rings. The minimum Gasteiger partial charge on any atom is -0.390 e. The lowest BCUT2D eigenvalue weighted by molar-refractivity contribution is -0.156. The van der Waals surface area contributed by atoms with E-state index < -0.39 is 11.9 Å². The predicted molar refractivity (Wildman–Crippen MR) is 36.5 cm³/mol. The summed E-state index contributed by atoms with van der Waals surface area (Å²) in [6.07, 6.45) is 4.01. The van der Waals surface area contributed by atoms with E-state index in [1.807, 2.05) is 0 Å². The quantitative estimate of drug-likeness (QED) is 0.412. The van der Waals surface area contributed by atoms with Crippen LogP contribution >= 0.6 is 0 Å². The van der Waals surface area contributed by atoms with Gasteiger partial charge in [0.15, 0.2) is 0 Å². The third-order valence-electron chi connectivity index (χ3n) is 1.97. The zero-order valence-electron chi connectivity index (χ0n) is 6.00. The van der Waals surface area contributed by atoms with Gasteiger partial charge in [0.05, 0.1) is 6.42 Å². The van der Waals surface area contributed by atoms with E-state index in [0.717, 1.165) is 18.4 Å². The topological polar surface area (TPSA) is 43.4 Å². The molecule has 11 heavy (non-hydrogen) atoms. The lowest BCUT2D eigenvalue weighted by Crippen LogP contribution is -2.17. The first-order valence-corrected chi connectivity index (χ1v) is 3.71. The van der Waals surface area contributed by atoms with Crippen LogP contribution in [0.1, 0.15) is 19.3 Å². The fourth-order valence-corrected chi connectivity index (χ4v) is 1.26. The van der Waals surface area contributed by atoms with Gasteiger partial charge in [-0.25, -0.2) is 4.79 Å². The van der Waals surface area contributed by atoms with Crippen molar-refractivity contribution in [2.24, 2.45) is 5.92 Å². The van der Waals surface area contributed by atoms with E-state index in [1.54, 1.807) is 0 Å². The molecule has 1 saturated carbocycles. The molecule has 0 N–H and O–H groups in total. The van der Waals surface area contributed by atoms with Crippen LogP contribution in [-0.2, 0) is 14.3 Å². The maximum atomic E-state index is 10.7. The number of esters is 2. The fourth-order valence-electron chi connectivity index (χ4n) is 1.26. The van der Waals surface area contributed by atoms with E-state index in [-0.39, 0.29) is 0 Å². The number of carbonyl (C=O) groups is 2. The van der Waals surface area contributed by atoms with Crippen LogP contribution in [0.4, 0.5) is 0 Å². The molecule has 3 heteroatoms. The number of ether oxygens (including phenoxy) is 1. The molecule has 0 bridgehead atoms. The lowest BCUT2D eigenvalue weighted by atomic mass is 10.1. The normalized spacial score (nSPS) is 24.5. The maximum absolute atomic E-state index is 10.7. The molecular formula is C8H8O3. The molecule has 0 aromatic heterocycles. The Balaban J connectivity index is 2.17. The molecule has 0 amide bonds. The van der Waals surface area contributed by atoms with Gasteiger partial charge in [-0.05, 0) is 24.3 Å². The number of hydrogen-bond donors (Lipinski definition) is 0. The van der Waals surface area contributed by atoms with Gasteiger partial charge in [-0.15, -0.1) is 0 Å². The number of hydrogen-bond acceptors (Lipinski definition) is 3. The highest BCUT2D eigenvalue weighted by molar-refractivity contribution is 5.97. The standard InChI is InChI=1S/C8H8O3/c9-7-3-6(5-1-2-5)4-8(10)11-7/h3,5H,1-2,4H2. The van der Waals surface area contributed by atoms with Gasteiger partial charge in [0.2, 0.25) is 0 Å². The summed E-state index contributed by atoms with van der Waals surface area (Å²) in [5, 5.41) is 0. The van der Waals surface area contributed by atoms with Crippen molar-refractivity contribution in [1.29, 1.82) is 0 Å². The summed E-state index contributed by atoms with van der Waals surface area (Å²) in [6.45, 7) is 0. The van der Waals surface area contributed by atoms with Crippen molar-refractivity contribution in [2.75, 3.05) is 0 Å². The van der Waals surface area contributed by atoms with Crippen molar-refractivity contribution in [2.45, 2.75) is 19.3 Å². The van der Waals surface area contributed by atoms with Gasteiger partial charge in [0, 0.05) is 6.08 Å². The second-order valence-corrected chi connectivity index (χ2v) is 2.96. The molecule has 1 aliphatic carbocycles. The molecule has 0 saturated heterocycles. The minimum atomic E-state index is -0.497. The molecule has 0 aromatic carbocycles. The van der Waals surface area contributed by atoms with Gasteiger partial charge < -0.3 is 4.74 Å². The zero-order chi connectivity index (χ0) is 7.84. The van der Waals surface area contributed by atoms with Crippen LogP contribution in [0.3, 0.4) is 0 Å². The highest BCUT2D eigenvalue weighted by Gasteiger charge is 2.31. The van der Waals surface area contributed by atoms with E-state index in [2.05, 4.69) is 4.74 Å². The highest BCUT2D eigenvalue weighted by atomic mass is 16.6. The first-order valence-electron chi connectivity index (χ1n) is 3.71. The van der Waals surface area contributed by atoms with Gasteiger partial charge in [-0.1, -0.05) is 0 Å². The molecule has 0 aromatic rings. The SMILES string of the molecule is O=C1C=C(C2CC2)CC(=O)O1. The van der Waals surface area contributed by atoms with E-state index in [1.165, 1.54) is 6.08 Å². The van der Waals surface area contributed by atoms with Crippen molar-refractivity contribution < 1.29 is 14.3 Å². The smallest absolute Gasteiger partial charge is 0.338 e. The third-order valence-corrected chi connectivity index (χ3v) is 1.97. The molecular weight excluding hydrogens is 144 g/mol. The molecule has 58 valence electrons. The Hall–Kier alpha value is -1.12. The molecule has 0 unspecified atom stereocenters. The van der Waals surface area contributed by atoms with E-state index in [4.69, 9.17) is 0 Å². The second kappa shape index (κ2) is 2.19. The highest BCUT2D eigenvalue weighted by Crippen LogP contribution is 2.39. The van der Waals surface area contributed by atoms with Crippen molar-refractivity contribution in [3.8, 4) is 0 Å². The molecule has 1 fully saturated rings. The molecule has 2 rings (SSSR count). The Kier molecular flexibility index (Phi) is 1.31. The number of rotatable bonds is 1. The van der Waals surface area contributed by atoms with Crippen LogP contribution in [0.5, 0.6) is 0 Å². The Morgan fingerprint density at radius 1 is 1.36 bits per heavy atom. The van der Waals surface area contributed by atoms with Crippen molar-refractivity contribution in [1.82, 2.24) is 0 Å². The van der Waals surface area contributed by atoms with Crippen LogP contribution in [-0.4, -0.2) is 11.9 Å². The van der Waals surface area contributed by atoms with Crippen LogP contribution in [0.15, 0.2) is 11.6 Å². The Morgan fingerprint density at radius 2 is 2.09 bits per heavy atom. The van der Waals surface area contributed by atoms with Crippen molar-refractivity contribution in [3.05, 3.63) is 11.6 Å². The largest absolute Gasteiger partial charge is 0.390 e. The molecule has 1 heterocycles. The van der Waals surface area contributed by atoms with Gasteiger partial charge in [0.25, 0.3) is 0 Å². The summed E-state index contributed by atoms with van der Waals surface area (Å²) in [7, 11) is 0. The maximum Gasteiger partial charge on any atom is 0.338 e. The monoisotopic (exact) mass is 152 g/mol. The van der Waals surface area contributed by atoms with Crippen LogP contribution in [0.25, 0.3) is 0 Å². The minimum absolute atomic E-state index is 0.316. The third kappa shape index (κ3) is 1.31. The van der Waals surface area contributed by atoms with Crippen molar-refractivity contribution in [3.63, 3.8) is 0 Å². The average Bonchev–Trinajstić information content (AvgIpc) is 2.64. The number of cyclic esters (lactones) is 2. The summed E-state index contributed by atoms with van der Waals surface area (Å²) >= 11 is 0. The second-order valence-electron chi connectivity index (χ2n) is 2.96. The summed E-state index contributed by atoms with van der Waals surface area (Å²) in [6, 6.07) is 0. The molecule has 0 atom stereocenters. The van der Waals surface area contributed by atoms with Crippen LogP contribution < -0.4 is 0 Å². The first kappa shape index (κ1) is 6.58. The Bertz CT molecular complexity index is 248. The van der Waals surface area contributed by atoms with Gasteiger partial charge in [-0.2, -0.15) is 0 Å². The molecule has 0 radical (unpaired) electrons. The predicted octanol–water partition coefficient (Wildman–Crippen LogP) is 0.796. The summed E-state index contributed by atoms with van der Waals surface area (Å²) in [5.41, 5.74) is 0.964. The van der Waals surface area contributed by atoms with Crippen LogP contribution in [0, 0.1) is 5.92 Å². The Labute approximate surface area is 64.0 Å². The Morgan fingerprint density at radius 3 is 2.64 bits per heavy atom. The number of carbonyl (C=O) groups excluding carboxylic acids is 2.